The van der Waals surface area contributed by atoms with Crippen LogP contribution in [0.2, 0.25) is 0 Å². The summed E-state index contributed by atoms with van der Waals surface area (Å²) in [6.45, 7) is 16.0. The third-order valence-corrected chi connectivity index (χ3v) is 2.87. The molecule has 0 aliphatic heterocycles. The van der Waals surface area contributed by atoms with Crippen LogP contribution < -0.4 is 21.7 Å². The second-order valence-electron chi connectivity index (χ2n) is 6.56. The van der Waals surface area contributed by atoms with Crippen LogP contribution >= 0.6 is 0 Å². The average molecular weight is 338 g/mol. The maximum atomic E-state index is 5.68. The van der Waals surface area contributed by atoms with E-state index in [9.17, 15) is 0 Å². The second-order valence-corrected chi connectivity index (χ2v) is 6.56. The fourth-order valence-corrected chi connectivity index (χ4v) is 1.74. The smallest absolute Gasteiger partial charge is 1.00 e. The van der Waals surface area contributed by atoms with Gasteiger partial charge in [-0.25, -0.2) is 0 Å². The molecule has 0 saturated heterocycles. The van der Waals surface area contributed by atoms with E-state index in [0.29, 0.717) is 6.61 Å². The van der Waals surface area contributed by atoms with Crippen LogP contribution in [0.25, 0.3) is 0 Å². The predicted molar refractivity (Wildman–Crippen MR) is 79.6 cm³/mol. The summed E-state index contributed by atoms with van der Waals surface area (Å²) in [4.78, 5) is 0. The predicted octanol–water partition coefficient (Wildman–Crippen LogP) is 1.10. The third kappa shape index (κ3) is 6.05. The molecule has 1 aromatic carbocycles. The molecule has 0 spiro atoms. The molecule has 0 unspecified atom stereocenters. The first-order valence-electron chi connectivity index (χ1n) is 6.35. The molecule has 1 aromatic rings. The fraction of sp³-hybridized carbons (Fsp3) is 0.625. The van der Waals surface area contributed by atoms with Crippen LogP contribution in [0.1, 0.15) is 59.6 Å². The largest absolute Gasteiger partial charge is 2.00 e. The van der Waals surface area contributed by atoms with Gasteiger partial charge in [0.2, 0.25) is 0 Å². The molecule has 0 fully saturated rings. The zero-order chi connectivity index (χ0) is 13.3. The first kappa shape index (κ1) is 21.6. The Kier molecular flexibility index (Phi) is 8.96. The molecule has 0 N–H and O–H groups in total. The molecule has 1 nitrogen and oxygen atoms in total. The first-order chi connectivity index (χ1) is 7.66. The number of ether oxygens (including phenoxy) is 1. The Labute approximate surface area is 145 Å². The molecule has 3 heteroatoms. The first-order valence-corrected chi connectivity index (χ1v) is 6.35. The molecule has 0 bridgehead atoms. The van der Waals surface area contributed by atoms with Gasteiger partial charge in [0.25, 0.3) is 0 Å². The number of hydrogen-bond acceptors (Lipinski definition) is 1. The van der Waals surface area contributed by atoms with Crippen molar-refractivity contribution in [2.24, 2.45) is 0 Å². The van der Waals surface area contributed by atoms with Crippen molar-refractivity contribution in [3.63, 3.8) is 0 Å². The molecule has 104 valence electrons. The summed E-state index contributed by atoms with van der Waals surface area (Å²) >= 11 is 0. The molecule has 0 aromatic heterocycles. The maximum absolute atomic E-state index is 5.68. The van der Waals surface area contributed by atoms with Gasteiger partial charge in [-0.3, -0.25) is 0 Å². The summed E-state index contributed by atoms with van der Waals surface area (Å²) in [5.74, 6) is 0.896. The van der Waals surface area contributed by atoms with E-state index in [0.717, 1.165) is 5.75 Å². The summed E-state index contributed by atoms with van der Waals surface area (Å²) < 4.78 is 5.68. The van der Waals surface area contributed by atoms with Crippen LogP contribution in [0.4, 0.5) is 0 Å². The van der Waals surface area contributed by atoms with E-state index in [4.69, 9.17) is 4.74 Å². The van der Waals surface area contributed by atoms with Crippen LogP contribution in [0, 0.1) is 6.07 Å². The van der Waals surface area contributed by atoms with Crippen LogP contribution in [0.15, 0.2) is 12.1 Å². The van der Waals surface area contributed by atoms with E-state index in [2.05, 4.69) is 59.7 Å². The van der Waals surface area contributed by atoms with Crippen LogP contribution in [-0.2, 0) is 10.8 Å². The topological polar surface area (TPSA) is 9.23 Å². The van der Waals surface area contributed by atoms with Crippen LogP contribution in [-0.4, -0.2) is 29.7 Å². The van der Waals surface area contributed by atoms with Gasteiger partial charge in [0.15, 0.2) is 0 Å². The molecule has 0 aliphatic carbocycles. The van der Waals surface area contributed by atoms with Gasteiger partial charge in [-0.05, 0) is 6.92 Å². The fourth-order valence-electron chi connectivity index (χ4n) is 1.74. The Morgan fingerprint density at radius 2 is 1.58 bits per heavy atom. The molecule has 0 amide bonds. The molecule has 0 aliphatic rings. The maximum Gasteiger partial charge on any atom is 2.00 e. The minimum Gasteiger partial charge on any atom is -1.00 e. The Morgan fingerprint density at radius 3 is 1.95 bits per heavy atom. The third-order valence-electron chi connectivity index (χ3n) is 2.87. The normalized spacial score (nSPS) is 11.3. The molecule has 19 heavy (non-hydrogen) atoms. The van der Waals surface area contributed by atoms with Crippen LogP contribution in [0.5, 0.6) is 5.75 Å². The van der Waals surface area contributed by atoms with Crippen molar-refractivity contribution in [2.75, 3.05) is 6.61 Å². The Hall–Kier alpha value is 0.266. The average Bonchev–Trinajstić information content (AvgIpc) is 2.15. The van der Waals surface area contributed by atoms with Crippen molar-refractivity contribution in [2.45, 2.75) is 59.3 Å². The zero-order valence-corrected chi connectivity index (χ0v) is 16.4. The van der Waals surface area contributed by atoms with Crippen molar-refractivity contribution in [3.8, 4) is 5.75 Å². The van der Waals surface area contributed by atoms with Crippen molar-refractivity contribution in [3.05, 3.63) is 29.3 Å². The summed E-state index contributed by atoms with van der Waals surface area (Å²) in [5.41, 5.74) is 2.79. The van der Waals surface area contributed by atoms with Gasteiger partial charge in [0.05, 0.1) is 6.61 Å². The molecule has 1 rings (SSSR count). The summed E-state index contributed by atoms with van der Waals surface area (Å²) in [5, 5.41) is 0. The Bertz CT molecular complexity index is 389. The minimum atomic E-state index is 0. The van der Waals surface area contributed by atoms with E-state index in [1.807, 2.05) is 6.92 Å². The van der Waals surface area contributed by atoms with Gasteiger partial charge in [-0.2, -0.15) is 17.7 Å². The minimum absolute atomic E-state index is 0. The van der Waals surface area contributed by atoms with E-state index in [-0.39, 0.29) is 50.9 Å². The summed E-state index contributed by atoms with van der Waals surface area (Å²) in [6.07, 6.45) is 0. The van der Waals surface area contributed by atoms with E-state index in [1.54, 1.807) is 0 Å². The van der Waals surface area contributed by atoms with Gasteiger partial charge >= 0.3 is 23.1 Å². The molecular formula is C16H25BrMgO. The molecule has 0 heterocycles. The van der Waals surface area contributed by atoms with E-state index < -0.39 is 0 Å². The van der Waals surface area contributed by atoms with Gasteiger partial charge in [-0.15, -0.1) is 11.6 Å². The molecular weight excluding hydrogens is 312 g/mol. The standard InChI is InChI=1S/C16H25O.BrH.Mg/c1-8-17-14-10-9-12(15(2,3)4)11-13(14)16(5,6)7;;/h9,11H,8H2,1-7H3;1H;/q-1;;+2/p-1. The van der Waals surface area contributed by atoms with E-state index in [1.165, 1.54) is 11.1 Å². The van der Waals surface area contributed by atoms with Gasteiger partial charge in [0, 0.05) is 5.75 Å². The van der Waals surface area contributed by atoms with Gasteiger partial charge in [0.1, 0.15) is 0 Å². The monoisotopic (exact) mass is 336 g/mol. The molecule has 0 saturated carbocycles. The number of benzene rings is 1. The Balaban J connectivity index is 0. The van der Waals surface area contributed by atoms with Crippen molar-refractivity contribution in [1.82, 2.24) is 0 Å². The van der Waals surface area contributed by atoms with Gasteiger partial charge in [-0.1, -0.05) is 52.4 Å². The van der Waals surface area contributed by atoms with Crippen molar-refractivity contribution in [1.29, 1.82) is 0 Å². The SMILES string of the molecule is CCOc1[c-]cc(C(C)(C)C)cc1C(C)(C)C.[Br-].[Mg+2]. The quantitative estimate of drug-likeness (QED) is 0.580. The summed E-state index contributed by atoms with van der Waals surface area (Å²) in [6, 6.07) is 7.62. The van der Waals surface area contributed by atoms with Crippen LogP contribution in [0.3, 0.4) is 0 Å². The van der Waals surface area contributed by atoms with Crippen molar-refractivity contribution >= 4 is 23.1 Å². The molecule has 0 radical (unpaired) electrons. The summed E-state index contributed by atoms with van der Waals surface area (Å²) in [7, 11) is 0. The number of halogens is 1. The number of rotatable bonds is 2. The van der Waals surface area contributed by atoms with Crippen molar-refractivity contribution < 1.29 is 21.7 Å². The number of hydrogen-bond donors (Lipinski definition) is 0. The molecule has 0 atom stereocenters. The Morgan fingerprint density at radius 1 is 1.05 bits per heavy atom. The van der Waals surface area contributed by atoms with E-state index >= 15 is 0 Å². The second kappa shape index (κ2) is 7.89. The zero-order valence-electron chi connectivity index (χ0n) is 13.4. The van der Waals surface area contributed by atoms with Gasteiger partial charge < -0.3 is 21.7 Å².